The highest BCUT2D eigenvalue weighted by atomic mass is 16.5. The van der Waals surface area contributed by atoms with Gasteiger partial charge in [-0.2, -0.15) is 5.21 Å². The van der Waals surface area contributed by atoms with Gasteiger partial charge in [0.15, 0.2) is 0 Å². The smallest absolute Gasteiger partial charge is 0.331 e. The maximum Gasteiger partial charge on any atom is 0.331 e. The third-order valence-corrected chi connectivity index (χ3v) is 1.96. The first-order valence-electron chi connectivity index (χ1n) is 5.58. The lowest BCUT2D eigenvalue weighted by atomic mass is 10.4. The van der Waals surface area contributed by atoms with Gasteiger partial charge in [-0.1, -0.05) is 0 Å². The van der Waals surface area contributed by atoms with Crippen molar-refractivity contribution >= 4 is 17.8 Å². The third kappa shape index (κ3) is 5.71. The van der Waals surface area contributed by atoms with E-state index in [2.05, 4.69) is 30.7 Å². The first-order chi connectivity index (χ1) is 9.63. The standard InChI is InChI=1S/C10H13N5O5/c1-19-7(16)3-4-8(17)20-6-2-5-11-10(18)9-12-14-15-13-9/h3-4H,2,5-6H2,1H3,(H,11,18)(H,12,13,14,15)/b4-3+. The Balaban J connectivity index is 2.10. The lowest BCUT2D eigenvalue weighted by molar-refractivity contribution is -0.139. The number of amides is 1. The van der Waals surface area contributed by atoms with Gasteiger partial charge in [-0.3, -0.25) is 4.79 Å². The summed E-state index contributed by atoms with van der Waals surface area (Å²) in [6, 6.07) is 0. The fourth-order valence-corrected chi connectivity index (χ4v) is 1.04. The number of ether oxygens (including phenoxy) is 2. The molecule has 1 aromatic rings. The minimum atomic E-state index is -0.667. The number of aromatic amines is 1. The molecule has 0 atom stereocenters. The van der Waals surface area contributed by atoms with E-state index in [0.717, 1.165) is 12.2 Å². The molecule has 0 aliphatic carbocycles. The molecular formula is C10H13N5O5. The summed E-state index contributed by atoms with van der Waals surface area (Å²) in [5, 5.41) is 14.9. The van der Waals surface area contributed by atoms with Crippen molar-refractivity contribution in [1.29, 1.82) is 0 Å². The van der Waals surface area contributed by atoms with Crippen LogP contribution in [0.15, 0.2) is 12.2 Å². The van der Waals surface area contributed by atoms with Crippen LogP contribution in [0.3, 0.4) is 0 Å². The van der Waals surface area contributed by atoms with Crippen molar-refractivity contribution in [2.75, 3.05) is 20.3 Å². The van der Waals surface area contributed by atoms with Gasteiger partial charge in [0.25, 0.3) is 11.7 Å². The number of esters is 2. The van der Waals surface area contributed by atoms with Gasteiger partial charge >= 0.3 is 11.9 Å². The zero-order valence-electron chi connectivity index (χ0n) is 10.7. The van der Waals surface area contributed by atoms with Crippen molar-refractivity contribution in [1.82, 2.24) is 25.9 Å². The summed E-state index contributed by atoms with van der Waals surface area (Å²) in [6.45, 7) is 0.373. The molecule has 0 radical (unpaired) electrons. The topological polar surface area (TPSA) is 136 Å². The predicted molar refractivity (Wildman–Crippen MR) is 63.2 cm³/mol. The normalized spacial score (nSPS) is 10.2. The molecule has 108 valence electrons. The molecule has 0 aliphatic heterocycles. The van der Waals surface area contributed by atoms with E-state index in [4.69, 9.17) is 4.74 Å². The fraction of sp³-hybridized carbons (Fsp3) is 0.400. The van der Waals surface area contributed by atoms with Crippen LogP contribution >= 0.6 is 0 Å². The number of hydrogen-bond acceptors (Lipinski definition) is 8. The summed E-state index contributed by atoms with van der Waals surface area (Å²) in [4.78, 5) is 33.2. The van der Waals surface area contributed by atoms with Gasteiger partial charge in [0, 0.05) is 18.7 Å². The number of carbonyl (C=O) groups is 3. The van der Waals surface area contributed by atoms with E-state index in [1.165, 1.54) is 7.11 Å². The lowest BCUT2D eigenvalue weighted by Crippen LogP contribution is -2.26. The largest absolute Gasteiger partial charge is 0.466 e. The van der Waals surface area contributed by atoms with Crippen molar-refractivity contribution in [3.05, 3.63) is 18.0 Å². The molecule has 0 bridgehead atoms. The van der Waals surface area contributed by atoms with E-state index in [1.807, 2.05) is 0 Å². The summed E-state index contributed by atoms with van der Waals surface area (Å²) >= 11 is 0. The average molecular weight is 283 g/mol. The van der Waals surface area contributed by atoms with Gasteiger partial charge in [-0.25, -0.2) is 9.59 Å². The second-order valence-electron chi connectivity index (χ2n) is 3.37. The molecule has 1 rings (SSSR count). The Hall–Kier alpha value is -2.78. The molecule has 1 amide bonds. The van der Waals surface area contributed by atoms with E-state index in [-0.39, 0.29) is 19.0 Å². The van der Waals surface area contributed by atoms with E-state index < -0.39 is 17.8 Å². The summed E-state index contributed by atoms with van der Waals surface area (Å²) < 4.78 is 9.08. The summed E-state index contributed by atoms with van der Waals surface area (Å²) in [6.07, 6.45) is 2.32. The molecule has 0 unspecified atom stereocenters. The van der Waals surface area contributed by atoms with Crippen molar-refractivity contribution in [2.24, 2.45) is 0 Å². The summed E-state index contributed by atoms with van der Waals surface area (Å²) in [7, 11) is 1.20. The Bertz CT molecular complexity index is 484. The maximum atomic E-state index is 11.3. The molecular weight excluding hydrogens is 270 g/mol. The van der Waals surface area contributed by atoms with Gasteiger partial charge in [-0.15, -0.1) is 10.2 Å². The lowest BCUT2D eigenvalue weighted by Gasteiger charge is -2.03. The van der Waals surface area contributed by atoms with Gasteiger partial charge in [0.2, 0.25) is 0 Å². The second-order valence-corrected chi connectivity index (χ2v) is 3.37. The van der Waals surface area contributed by atoms with Crippen molar-refractivity contribution in [2.45, 2.75) is 6.42 Å². The molecule has 2 N–H and O–H groups in total. The number of H-pyrrole nitrogens is 1. The minimum absolute atomic E-state index is 0.0667. The van der Waals surface area contributed by atoms with Gasteiger partial charge < -0.3 is 14.8 Å². The Morgan fingerprint density at radius 1 is 1.30 bits per heavy atom. The molecule has 1 aromatic heterocycles. The highest BCUT2D eigenvalue weighted by Gasteiger charge is 2.09. The summed E-state index contributed by atoms with van der Waals surface area (Å²) in [5.74, 6) is -1.85. The number of nitrogens with zero attached hydrogens (tertiary/aromatic N) is 3. The quantitative estimate of drug-likeness (QED) is 0.354. The summed E-state index contributed by atoms with van der Waals surface area (Å²) in [5.41, 5.74) is 0. The predicted octanol–water partition coefficient (Wildman–Crippen LogP) is -1.41. The van der Waals surface area contributed by atoms with Crippen LogP contribution in [0.5, 0.6) is 0 Å². The second kappa shape index (κ2) is 8.34. The van der Waals surface area contributed by atoms with Crippen LogP contribution < -0.4 is 5.32 Å². The molecule has 0 saturated carbocycles. The first-order valence-corrected chi connectivity index (χ1v) is 5.58. The van der Waals surface area contributed by atoms with Crippen LogP contribution in [0.1, 0.15) is 17.0 Å². The molecule has 10 heteroatoms. The molecule has 0 aromatic carbocycles. The molecule has 0 fully saturated rings. The number of tetrazole rings is 1. The Morgan fingerprint density at radius 2 is 2.05 bits per heavy atom. The molecule has 0 spiro atoms. The van der Waals surface area contributed by atoms with E-state index >= 15 is 0 Å². The van der Waals surface area contributed by atoms with E-state index in [9.17, 15) is 14.4 Å². The van der Waals surface area contributed by atoms with Crippen LogP contribution in [-0.2, 0) is 19.1 Å². The monoisotopic (exact) mass is 283 g/mol. The fourth-order valence-electron chi connectivity index (χ4n) is 1.04. The van der Waals surface area contributed by atoms with E-state index in [1.54, 1.807) is 0 Å². The van der Waals surface area contributed by atoms with Crippen molar-refractivity contribution in [3.63, 3.8) is 0 Å². The third-order valence-electron chi connectivity index (χ3n) is 1.96. The average Bonchev–Trinajstić information content (AvgIpc) is 2.98. The Morgan fingerprint density at radius 3 is 2.70 bits per heavy atom. The number of rotatable bonds is 7. The van der Waals surface area contributed by atoms with Crippen LogP contribution in [0.2, 0.25) is 0 Å². The molecule has 20 heavy (non-hydrogen) atoms. The zero-order valence-corrected chi connectivity index (χ0v) is 10.7. The zero-order chi connectivity index (χ0) is 14.8. The Kier molecular flexibility index (Phi) is 6.37. The van der Waals surface area contributed by atoms with Gasteiger partial charge in [-0.05, 0) is 11.6 Å². The molecule has 0 saturated heterocycles. The van der Waals surface area contributed by atoms with Crippen LogP contribution in [0, 0.1) is 0 Å². The number of aromatic nitrogens is 4. The SMILES string of the molecule is COC(=O)/C=C/C(=O)OCCCNC(=O)c1nn[nH]n1. The van der Waals surface area contributed by atoms with Gasteiger partial charge in [0.1, 0.15) is 0 Å². The van der Waals surface area contributed by atoms with Crippen LogP contribution in [0.4, 0.5) is 0 Å². The van der Waals surface area contributed by atoms with Gasteiger partial charge in [0.05, 0.1) is 13.7 Å². The number of carbonyl (C=O) groups excluding carboxylic acids is 3. The maximum absolute atomic E-state index is 11.3. The number of nitrogens with one attached hydrogen (secondary N) is 2. The number of hydrogen-bond donors (Lipinski definition) is 2. The highest BCUT2D eigenvalue weighted by molar-refractivity contribution is 5.91. The van der Waals surface area contributed by atoms with Crippen LogP contribution in [-0.4, -0.2) is 58.7 Å². The highest BCUT2D eigenvalue weighted by Crippen LogP contribution is 1.88. The number of methoxy groups -OCH3 is 1. The molecule has 10 nitrogen and oxygen atoms in total. The minimum Gasteiger partial charge on any atom is -0.466 e. The molecule has 1 heterocycles. The van der Waals surface area contributed by atoms with E-state index in [0.29, 0.717) is 6.42 Å². The Labute approximate surface area is 113 Å². The first kappa shape index (κ1) is 15.3. The van der Waals surface area contributed by atoms with Crippen LogP contribution in [0.25, 0.3) is 0 Å². The molecule has 0 aliphatic rings. The van der Waals surface area contributed by atoms with Crippen molar-refractivity contribution < 1.29 is 23.9 Å². The van der Waals surface area contributed by atoms with Crippen molar-refractivity contribution in [3.8, 4) is 0 Å².